The molecule has 0 aliphatic carbocycles. The van der Waals surface area contributed by atoms with Crippen LogP contribution in [0.4, 0.5) is 5.69 Å². The summed E-state index contributed by atoms with van der Waals surface area (Å²) in [6.07, 6.45) is 3.40. The summed E-state index contributed by atoms with van der Waals surface area (Å²) >= 11 is 0. The lowest BCUT2D eigenvalue weighted by Crippen LogP contribution is -2.44. The molecule has 0 saturated carbocycles. The third-order valence-electron chi connectivity index (χ3n) is 5.15. The zero-order valence-electron chi connectivity index (χ0n) is 16.2. The zero-order chi connectivity index (χ0) is 21.1. The SMILES string of the molecule is Nc1ccc(C(=O)N2CC(=Cc3ccccn3)C(=O)C(c3ccc(O)cc3)C2)cc1. The van der Waals surface area contributed by atoms with Gasteiger partial charge in [0.15, 0.2) is 5.78 Å². The maximum Gasteiger partial charge on any atom is 0.254 e. The Morgan fingerprint density at radius 1 is 1.07 bits per heavy atom. The Kier molecular flexibility index (Phi) is 5.30. The van der Waals surface area contributed by atoms with Gasteiger partial charge in [0, 0.05) is 36.1 Å². The number of piperidine rings is 1. The van der Waals surface area contributed by atoms with Gasteiger partial charge in [0.05, 0.1) is 11.6 Å². The third-order valence-corrected chi connectivity index (χ3v) is 5.15. The molecule has 2 aromatic carbocycles. The molecular formula is C24H21N3O3. The maximum absolute atomic E-state index is 13.3. The van der Waals surface area contributed by atoms with Crippen molar-refractivity contribution in [2.45, 2.75) is 5.92 Å². The first-order valence-electron chi connectivity index (χ1n) is 9.61. The zero-order valence-corrected chi connectivity index (χ0v) is 16.2. The summed E-state index contributed by atoms with van der Waals surface area (Å²) in [6, 6.07) is 18.7. The number of amides is 1. The standard InChI is InChI=1S/C24H21N3O3/c25-19-8-4-17(5-9-19)24(30)27-14-18(13-20-3-1-2-12-26-20)23(29)22(15-27)16-6-10-21(28)11-7-16/h1-13,22,28H,14-15,25H2. The minimum Gasteiger partial charge on any atom is -0.508 e. The molecule has 1 amide bonds. The van der Waals surface area contributed by atoms with Crippen molar-refractivity contribution in [2.24, 2.45) is 0 Å². The van der Waals surface area contributed by atoms with Crippen LogP contribution in [-0.2, 0) is 4.79 Å². The number of phenols is 1. The number of ketones is 1. The highest BCUT2D eigenvalue weighted by atomic mass is 16.3. The summed E-state index contributed by atoms with van der Waals surface area (Å²) in [5.74, 6) is -0.612. The van der Waals surface area contributed by atoms with Crippen LogP contribution in [0.15, 0.2) is 78.5 Å². The van der Waals surface area contributed by atoms with Crippen LogP contribution in [-0.4, -0.2) is 39.8 Å². The van der Waals surface area contributed by atoms with Crippen molar-refractivity contribution < 1.29 is 14.7 Å². The highest BCUT2D eigenvalue weighted by Crippen LogP contribution is 2.30. The van der Waals surface area contributed by atoms with Gasteiger partial charge in [-0.15, -0.1) is 0 Å². The third kappa shape index (κ3) is 4.07. The van der Waals surface area contributed by atoms with Crippen molar-refractivity contribution >= 4 is 23.5 Å². The van der Waals surface area contributed by atoms with Crippen LogP contribution in [0, 0.1) is 0 Å². The van der Waals surface area contributed by atoms with E-state index < -0.39 is 5.92 Å². The fourth-order valence-corrected chi connectivity index (χ4v) is 3.56. The molecule has 1 saturated heterocycles. The van der Waals surface area contributed by atoms with E-state index in [9.17, 15) is 14.7 Å². The normalized spacial score (nSPS) is 17.9. The number of nitrogens with two attached hydrogens (primary N) is 1. The molecule has 3 aromatic rings. The Morgan fingerprint density at radius 3 is 2.47 bits per heavy atom. The number of likely N-dealkylation sites (tertiary alicyclic amines) is 1. The summed E-state index contributed by atoms with van der Waals surface area (Å²) in [7, 11) is 0. The molecular weight excluding hydrogens is 378 g/mol. The second kappa shape index (κ2) is 8.21. The molecule has 1 aliphatic rings. The van der Waals surface area contributed by atoms with Crippen LogP contribution in [0.25, 0.3) is 6.08 Å². The Balaban J connectivity index is 1.71. The maximum atomic E-state index is 13.3. The number of rotatable bonds is 3. The highest BCUT2D eigenvalue weighted by Gasteiger charge is 2.34. The van der Waals surface area contributed by atoms with E-state index in [4.69, 9.17) is 5.73 Å². The molecule has 0 radical (unpaired) electrons. The molecule has 4 rings (SSSR count). The van der Waals surface area contributed by atoms with Crippen molar-refractivity contribution in [3.8, 4) is 5.75 Å². The fourth-order valence-electron chi connectivity index (χ4n) is 3.56. The quantitative estimate of drug-likeness (QED) is 0.521. The van der Waals surface area contributed by atoms with Crippen LogP contribution >= 0.6 is 0 Å². The molecule has 1 aliphatic heterocycles. The number of benzene rings is 2. The monoisotopic (exact) mass is 399 g/mol. The van der Waals surface area contributed by atoms with Crippen LogP contribution < -0.4 is 5.73 Å². The van der Waals surface area contributed by atoms with Crippen molar-refractivity contribution in [3.63, 3.8) is 0 Å². The van der Waals surface area contributed by atoms with E-state index in [1.807, 2.05) is 12.1 Å². The molecule has 3 N–H and O–H groups in total. The molecule has 6 heteroatoms. The van der Waals surface area contributed by atoms with Crippen LogP contribution in [0.2, 0.25) is 0 Å². The second-order valence-corrected chi connectivity index (χ2v) is 7.24. The number of nitrogens with zero attached hydrogens (tertiary/aromatic N) is 2. The van der Waals surface area contributed by atoms with E-state index in [0.717, 1.165) is 5.56 Å². The van der Waals surface area contributed by atoms with Crippen molar-refractivity contribution in [1.82, 2.24) is 9.88 Å². The predicted octanol–water partition coefficient (Wildman–Crippen LogP) is 3.26. The molecule has 1 atom stereocenters. The predicted molar refractivity (Wildman–Crippen MR) is 115 cm³/mol. The first-order chi connectivity index (χ1) is 14.5. The minimum absolute atomic E-state index is 0.0484. The van der Waals surface area contributed by atoms with Gasteiger partial charge in [0.2, 0.25) is 0 Å². The number of aromatic hydroxyl groups is 1. The number of Topliss-reactive ketones (excluding diaryl/α,β-unsaturated/α-hetero) is 1. The Morgan fingerprint density at radius 2 is 1.80 bits per heavy atom. The van der Waals surface area contributed by atoms with E-state index in [0.29, 0.717) is 22.5 Å². The summed E-state index contributed by atoms with van der Waals surface area (Å²) in [5.41, 5.74) is 8.76. The van der Waals surface area contributed by atoms with Gasteiger partial charge in [-0.05, 0) is 60.2 Å². The molecule has 0 bridgehead atoms. The van der Waals surface area contributed by atoms with Gasteiger partial charge >= 0.3 is 0 Å². The van der Waals surface area contributed by atoms with E-state index in [-0.39, 0.29) is 30.5 Å². The first kappa shape index (κ1) is 19.4. The number of nitrogen functional groups attached to an aromatic ring is 1. The van der Waals surface area contributed by atoms with E-state index in [1.54, 1.807) is 71.8 Å². The number of aromatic nitrogens is 1. The molecule has 1 fully saturated rings. The van der Waals surface area contributed by atoms with Crippen molar-refractivity contribution in [1.29, 1.82) is 0 Å². The van der Waals surface area contributed by atoms with Gasteiger partial charge in [-0.1, -0.05) is 18.2 Å². The molecule has 30 heavy (non-hydrogen) atoms. The van der Waals surface area contributed by atoms with Gasteiger partial charge in [-0.2, -0.15) is 0 Å². The number of carbonyl (C=O) groups is 2. The molecule has 2 heterocycles. The van der Waals surface area contributed by atoms with Crippen LogP contribution in [0.5, 0.6) is 5.75 Å². The molecule has 0 spiro atoms. The van der Waals surface area contributed by atoms with Crippen molar-refractivity contribution in [2.75, 3.05) is 18.8 Å². The fraction of sp³-hybridized carbons (Fsp3) is 0.125. The number of hydrogen-bond donors (Lipinski definition) is 2. The van der Waals surface area contributed by atoms with E-state index >= 15 is 0 Å². The molecule has 150 valence electrons. The summed E-state index contributed by atoms with van der Waals surface area (Å²) in [5, 5.41) is 9.60. The van der Waals surface area contributed by atoms with Gasteiger partial charge in [-0.3, -0.25) is 14.6 Å². The van der Waals surface area contributed by atoms with Gasteiger partial charge in [0.25, 0.3) is 5.91 Å². The lowest BCUT2D eigenvalue weighted by atomic mass is 9.85. The minimum atomic E-state index is -0.521. The summed E-state index contributed by atoms with van der Waals surface area (Å²) in [6.45, 7) is 0.458. The average Bonchev–Trinajstić information content (AvgIpc) is 2.77. The van der Waals surface area contributed by atoms with Gasteiger partial charge in [-0.25, -0.2) is 0 Å². The van der Waals surface area contributed by atoms with Gasteiger partial charge in [0.1, 0.15) is 5.75 Å². The van der Waals surface area contributed by atoms with E-state index in [2.05, 4.69) is 4.98 Å². The molecule has 1 aromatic heterocycles. The number of anilines is 1. The largest absolute Gasteiger partial charge is 0.508 e. The summed E-state index contributed by atoms with van der Waals surface area (Å²) in [4.78, 5) is 32.3. The second-order valence-electron chi connectivity index (χ2n) is 7.24. The highest BCUT2D eigenvalue weighted by molar-refractivity contribution is 6.07. The number of pyridine rings is 1. The average molecular weight is 399 g/mol. The Labute approximate surface area is 174 Å². The van der Waals surface area contributed by atoms with Crippen LogP contribution in [0.3, 0.4) is 0 Å². The Hall–Kier alpha value is -3.93. The molecule has 6 nitrogen and oxygen atoms in total. The first-order valence-corrected chi connectivity index (χ1v) is 9.61. The lowest BCUT2D eigenvalue weighted by molar-refractivity contribution is -0.118. The van der Waals surface area contributed by atoms with E-state index in [1.165, 1.54) is 0 Å². The van der Waals surface area contributed by atoms with Crippen LogP contribution in [0.1, 0.15) is 27.5 Å². The van der Waals surface area contributed by atoms with Crippen molar-refractivity contribution in [3.05, 3.63) is 95.3 Å². The topological polar surface area (TPSA) is 96.5 Å². The Bertz CT molecular complexity index is 1090. The summed E-state index contributed by atoms with van der Waals surface area (Å²) < 4.78 is 0. The lowest BCUT2D eigenvalue weighted by Gasteiger charge is -2.34. The molecule has 1 unspecified atom stereocenters. The number of hydrogen-bond acceptors (Lipinski definition) is 5. The van der Waals surface area contributed by atoms with Gasteiger partial charge < -0.3 is 15.7 Å². The number of phenolic OH excluding ortho intramolecular Hbond substituents is 1. The smallest absolute Gasteiger partial charge is 0.254 e. The number of carbonyl (C=O) groups excluding carboxylic acids is 2.